The van der Waals surface area contributed by atoms with Crippen molar-refractivity contribution in [2.75, 3.05) is 13.7 Å². The molecule has 2 aromatic rings. The van der Waals surface area contributed by atoms with Crippen LogP contribution in [0, 0.1) is 0 Å². The van der Waals surface area contributed by atoms with Crippen molar-refractivity contribution < 1.29 is 19.1 Å². The first-order valence-electron chi connectivity index (χ1n) is 8.45. The number of nitrogens with one attached hydrogen (secondary N) is 1. The Labute approximate surface area is 153 Å². The molecule has 0 aliphatic carbocycles. The summed E-state index contributed by atoms with van der Waals surface area (Å²) in [5.74, 6) is 0.00376. The molecule has 0 aliphatic heterocycles. The van der Waals surface area contributed by atoms with E-state index in [1.807, 2.05) is 48.5 Å². The zero-order chi connectivity index (χ0) is 18.8. The Kier molecular flexibility index (Phi) is 7.43. The van der Waals surface area contributed by atoms with Gasteiger partial charge in [0.05, 0.1) is 26.2 Å². The van der Waals surface area contributed by atoms with Gasteiger partial charge in [-0.25, -0.2) is 0 Å². The van der Waals surface area contributed by atoms with E-state index in [0.29, 0.717) is 12.4 Å². The molecule has 0 heterocycles. The highest BCUT2D eigenvalue weighted by atomic mass is 16.5. The molecule has 0 radical (unpaired) electrons. The molecule has 0 fully saturated rings. The Morgan fingerprint density at radius 1 is 1.12 bits per heavy atom. The average molecular weight is 353 g/mol. The molecule has 1 atom stereocenters. The maximum Gasteiger partial charge on any atom is 0.308 e. The van der Waals surface area contributed by atoms with Crippen molar-refractivity contribution in [3.05, 3.63) is 71.8 Å². The maximum absolute atomic E-state index is 12.3. The molecule has 0 saturated carbocycles. The molecule has 0 saturated heterocycles. The zero-order valence-electron chi connectivity index (χ0n) is 15.0. The van der Waals surface area contributed by atoms with Gasteiger partial charge in [0.1, 0.15) is 5.75 Å². The third-order valence-corrected chi connectivity index (χ3v) is 3.72. The third kappa shape index (κ3) is 6.09. The summed E-state index contributed by atoms with van der Waals surface area (Å²) in [7, 11) is 1.57. The first kappa shape index (κ1) is 19.2. The topological polar surface area (TPSA) is 64.6 Å². The van der Waals surface area contributed by atoms with E-state index in [2.05, 4.69) is 5.32 Å². The van der Waals surface area contributed by atoms with Gasteiger partial charge in [-0.2, -0.15) is 0 Å². The van der Waals surface area contributed by atoms with E-state index in [-0.39, 0.29) is 18.3 Å². The Hall–Kier alpha value is -3.08. The number of carbonyl (C=O) groups is 2. The van der Waals surface area contributed by atoms with E-state index < -0.39 is 6.04 Å². The van der Waals surface area contributed by atoms with Gasteiger partial charge in [0.25, 0.3) is 0 Å². The standard InChI is InChI=1S/C21H23NO4/c1-3-26-21(24)15-19(17-10-7-11-18(14-17)25-2)22-20(23)13-12-16-8-5-4-6-9-16/h4-14,19H,3,15H2,1-2H3,(H,22,23)/b13-12+. The molecule has 0 aliphatic rings. The van der Waals surface area contributed by atoms with Crippen LogP contribution in [0.3, 0.4) is 0 Å². The van der Waals surface area contributed by atoms with E-state index in [0.717, 1.165) is 11.1 Å². The molecule has 2 rings (SSSR count). The minimum atomic E-state index is -0.503. The largest absolute Gasteiger partial charge is 0.497 e. The summed E-state index contributed by atoms with van der Waals surface area (Å²) in [5, 5.41) is 2.86. The van der Waals surface area contributed by atoms with Crippen molar-refractivity contribution >= 4 is 18.0 Å². The van der Waals surface area contributed by atoms with Crippen LogP contribution in [0.4, 0.5) is 0 Å². The van der Waals surface area contributed by atoms with E-state index in [4.69, 9.17) is 9.47 Å². The van der Waals surface area contributed by atoms with Crippen LogP contribution in [0.2, 0.25) is 0 Å². The van der Waals surface area contributed by atoms with Crippen LogP contribution in [0.5, 0.6) is 5.75 Å². The molecule has 136 valence electrons. The van der Waals surface area contributed by atoms with Crippen LogP contribution in [-0.4, -0.2) is 25.6 Å². The quantitative estimate of drug-likeness (QED) is 0.582. The highest BCUT2D eigenvalue weighted by molar-refractivity contribution is 5.92. The second-order valence-electron chi connectivity index (χ2n) is 5.59. The van der Waals surface area contributed by atoms with Gasteiger partial charge in [0.15, 0.2) is 0 Å². The predicted octanol–water partition coefficient (Wildman–Crippen LogP) is 3.52. The Balaban J connectivity index is 2.13. The molecule has 1 amide bonds. The summed E-state index contributed by atoms with van der Waals surface area (Å²) in [6.07, 6.45) is 3.22. The molecule has 0 bridgehead atoms. The number of ether oxygens (including phenoxy) is 2. The van der Waals surface area contributed by atoms with Crippen LogP contribution in [0.25, 0.3) is 6.08 Å². The van der Waals surface area contributed by atoms with E-state index >= 15 is 0 Å². The van der Waals surface area contributed by atoms with Crippen LogP contribution in [0.1, 0.15) is 30.5 Å². The fourth-order valence-electron chi connectivity index (χ4n) is 2.45. The number of methoxy groups -OCH3 is 1. The highest BCUT2D eigenvalue weighted by Gasteiger charge is 2.19. The average Bonchev–Trinajstić information content (AvgIpc) is 2.67. The fraction of sp³-hybridized carbons (Fsp3) is 0.238. The third-order valence-electron chi connectivity index (χ3n) is 3.72. The summed E-state index contributed by atoms with van der Waals surface area (Å²) in [6.45, 7) is 2.05. The molecular weight excluding hydrogens is 330 g/mol. The zero-order valence-corrected chi connectivity index (χ0v) is 15.0. The minimum absolute atomic E-state index is 0.0475. The van der Waals surface area contributed by atoms with Crippen LogP contribution >= 0.6 is 0 Å². The molecular formula is C21H23NO4. The Morgan fingerprint density at radius 2 is 1.88 bits per heavy atom. The number of carbonyl (C=O) groups excluding carboxylic acids is 2. The van der Waals surface area contributed by atoms with E-state index in [1.165, 1.54) is 6.08 Å². The van der Waals surface area contributed by atoms with Gasteiger partial charge in [-0.3, -0.25) is 9.59 Å². The van der Waals surface area contributed by atoms with Crippen molar-refractivity contribution in [3.63, 3.8) is 0 Å². The maximum atomic E-state index is 12.3. The second-order valence-corrected chi connectivity index (χ2v) is 5.59. The summed E-state index contributed by atoms with van der Waals surface area (Å²) >= 11 is 0. The van der Waals surface area contributed by atoms with Crippen molar-refractivity contribution in [1.29, 1.82) is 0 Å². The van der Waals surface area contributed by atoms with Gasteiger partial charge in [-0.15, -0.1) is 0 Å². The lowest BCUT2D eigenvalue weighted by Gasteiger charge is -2.18. The molecule has 0 spiro atoms. The fourth-order valence-corrected chi connectivity index (χ4v) is 2.45. The Morgan fingerprint density at radius 3 is 2.58 bits per heavy atom. The molecule has 0 aromatic heterocycles. The van der Waals surface area contributed by atoms with Crippen molar-refractivity contribution in [3.8, 4) is 5.75 Å². The summed E-state index contributed by atoms with van der Waals surface area (Å²) < 4.78 is 10.2. The first-order chi connectivity index (χ1) is 12.6. The van der Waals surface area contributed by atoms with Gasteiger partial charge in [0.2, 0.25) is 5.91 Å². The number of hydrogen-bond donors (Lipinski definition) is 1. The lowest BCUT2D eigenvalue weighted by Crippen LogP contribution is -2.29. The number of hydrogen-bond acceptors (Lipinski definition) is 4. The monoisotopic (exact) mass is 353 g/mol. The highest BCUT2D eigenvalue weighted by Crippen LogP contribution is 2.22. The molecule has 2 aromatic carbocycles. The predicted molar refractivity (Wildman–Crippen MR) is 101 cm³/mol. The minimum Gasteiger partial charge on any atom is -0.497 e. The smallest absolute Gasteiger partial charge is 0.308 e. The molecule has 1 N–H and O–H groups in total. The van der Waals surface area contributed by atoms with Gasteiger partial charge in [-0.05, 0) is 36.3 Å². The van der Waals surface area contributed by atoms with E-state index in [9.17, 15) is 9.59 Å². The number of esters is 1. The van der Waals surface area contributed by atoms with Gasteiger partial charge >= 0.3 is 5.97 Å². The summed E-state index contributed by atoms with van der Waals surface area (Å²) in [4.78, 5) is 24.2. The number of benzene rings is 2. The van der Waals surface area contributed by atoms with Gasteiger partial charge < -0.3 is 14.8 Å². The molecule has 5 heteroatoms. The first-order valence-corrected chi connectivity index (χ1v) is 8.45. The Bertz CT molecular complexity index is 756. The summed E-state index contributed by atoms with van der Waals surface area (Å²) in [6, 6.07) is 16.3. The molecule has 1 unspecified atom stereocenters. The normalized spacial score (nSPS) is 11.8. The van der Waals surface area contributed by atoms with Crippen molar-refractivity contribution in [2.45, 2.75) is 19.4 Å². The summed E-state index contributed by atoms with van der Waals surface area (Å²) in [5.41, 5.74) is 1.70. The molecule has 5 nitrogen and oxygen atoms in total. The number of amides is 1. The van der Waals surface area contributed by atoms with Crippen LogP contribution < -0.4 is 10.1 Å². The van der Waals surface area contributed by atoms with E-state index in [1.54, 1.807) is 26.2 Å². The molecule has 26 heavy (non-hydrogen) atoms. The van der Waals surface area contributed by atoms with Crippen molar-refractivity contribution in [1.82, 2.24) is 5.32 Å². The SMILES string of the molecule is CCOC(=O)CC(NC(=O)/C=C/c1ccccc1)c1cccc(OC)c1. The lowest BCUT2D eigenvalue weighted by atomic mass is 10.0. The lowest BCUT2D eigenvalue weighted by molar-refractivity contribution is -0.143. The van der Waals surface area contributed by atoms with Crippen LogP contribution in [0.15, 0.2) is 60.7 Å². The van der Waals surface area contributed by atoms with Crippen LogP contribution in [-0.2, 0) is 14.3 Å². The van der Waals surface area contributed by atoms with Gasteiger partial charge in [0, 0.05) is 6.08 Å². The number of rotatable bonds is 8. The second kappa shape index (κ2) is 10.0. The van der Waals surface area contributed by atoms with Crippen molar-refractivity contribution in [2.24, 2.45) is 0 Å². The van der Waals surface area contributed by atoms with Gasteiger partial charge in [-0.1, -0.05) is 42.5 Å².